The average molecular weight is 360 g/mol. The van der Waals surface area contributed by atoms with Gasteiger partial charge >= 0.3 is 0 Å². The molecule has 1 aliphatic heterocycles. The summed E-state index contributed by atoms with van der Waals surface area (Å²) in [6, 6.07) is 4.31. The van der Waals surface area contributed by atoms with Crippen LogP contribution in [0.4, 0.5) is 0 Å². The Balaban J connectivity index is 1.92. The van der Waals surface area contributed by atoms with Gasteiger partial charge in [-0.3, -0.25) is 4.90 Å². The Bertz CT molecular complexity index is 757. The van der Waals surface area contributed by atoms with Gasteiger partial charge in [-0.1, -0.05) is 18.1 Å². The molecule has 0 radical (unpaired) electrons. The van der Waals surface area contributed by atoms with E-state index in [0.29, 0.717) is 17.5 Å². The van der Waals surface area contributed by atoms with Crippen LogP contribution in [0.5, 0.6) is 17.2 Å². The summed E-state index contributed by atoms with van der Waals surface area (Å²) in [6.45, 7) is 5.96. The monoisotopic (exact) mass is 360 g/mol. The Hall–Kier alpha value is -2.21. The van der Waals surface area contributed by atoms with Crippen LogP contribution >= 0.6 is 0 Å². The molecule has 0 saturated carbocycles. The number of ether oxygens (including phenoxy) is 3. The van der Waals surface area contributed by atoms with Crippen molar-refractivity contribution >= 4 is 0 Å². The van der Waals surface area contributed by atoms with Crippen molar-refractivity contribution in [3.8, 4) is 17.2 Å². The number of aryl methyl sites for hydroxylation is 2. The van der Waals surface area contributed by atoms with E-state index in [2.05, 4.69) is 23.0 Å². The molecule has 0 aliphatic carbocycles. The van der Waals surface area contributed by atoms with Crippen LogP contribution in [-0.4, -0.2) is 37.9 Å². The number of rotatable bonds is 7. The van der Waals surface area contributed by atoms with Gasteiger partial charge in [-0.05, 0) is 32.4 Å². The fraction of sp³-hybridized carbons (Fsp3) is 0.550. The van der Waals surface area contributed by atoms with Crippen molar-refractivity contribution in [1.82, 2.24) is 10.1 Å². The third kappa shape index (κ3) is 3.26. The molecule has 6 nitrogen and oxygen atoms in total. The predicted molar refractivity (Wildman–Crippen MR) is 99.1 cm³/mol. The van der Waals surface area contributed by atoms with E-state index in [1.165, 1.54) is 5.56 Å². The van der Waals surface area contributed by atoms with E-state index < -0.39 is 0 Å². The zero-order chi connectivity index (χ0) is 18.7. The molecule has 1 fully saturated rings. The van der Waals surface area contributed by atoms with Gasteiger partial charge in [0.25, 0.3) is 0 Å². The Morgan fingerprint density at radius 3 is 2.58 bits per heavy atom. The van der Waals surface area contributed by atoms with Crippen molar-refractivity contribution in [2.45, 2.75) is 45.7 Å². The minimum absolute atomic E-state index is 0.328. The first-order valence-electron chi connectivity index (χ1n) is 9.11. The lowest BCUT2D eigenvalue weighted by molar-refractivity contribution is 0.239. The minimum atomic E-state index is 0.328. The van der Waals surface area contributed by atoms with Crippen LogP contribution < -0.4 is 14.2 Å². The highest BCUT2D eigenvalue weighted by Crippen LogP contribution is 2.42. The van der Waals surface area contributed by atoms with Crippen molar-refractivity contribution < 1.29 is 18.7 Å². The first kappa shape index (κ1) is 18.6. The Kier molecular flexibility index (Phi) is 5.71. The molecule has 1 aromatic carbocycles. The maximum atomic E-state index is 5.65. The maximum Gasteiger partial charge on any atom is 0.203 e. The zero-order valence-corrected chi connectivity index (χ0v) is 16.3. The number of nitrogens with zero attached hydrogens (tertiary/aromatic N) is 2. The fourth-order valence-corrected chi connectivity index (χ4v) is 3.95. The largest absolute Gasteiger partial charge is 0.493 e. The van der Waals surface area contributed by atoms with Crippen molar-refractivity contribution in [1.29, 1.82) is 0 Å². The summed E-state index contributed by atoms with van der Waals surface area (Å²) in [7, 11) is 4.94. The second-order valence-electron chi connectivity index (χ2n) is 6.58. The first-order chi connectivity index (χ1) is 12.6. The highest BCUT2D eigenvalue weighted by atomic mass is 16.5. The van der Waals surface area contributed by atoms with Crippen LogP contribution in [0.3, 0.4) is 0 Å². The van der Waals surface area contributed by atoms with Gasteiger partial charge in [0.1, 0.15) is 5.76 Å². The topological polar surface area (TPSA) is 57.0 Å². The van der Waals surface area contributed by atoms with E-state index in [1.807, 2.05) is 13.0 Å². The van der Waals surface area contributed by atoms with Gasteiger partial charge in [-0.15, -0.1) is 0 Å². The molecule has 1 aromatic heterocycles. The molecule has 1 aliphatic rings. The van der Waals surface area contributed by atoms with Crippen LogP contribution in [0.1, 0.15) is 48.4 Å². The summed E-state index contributed by atoms with van der Waals surface area (Å²) in [6.07, 6.45) is 3.14. The Morgan fingerprint density at radius 1 is 1.15 bits per heavy atom. The summed E-state index contributed by atoms with van der Waals surface area (Å²) in [4.78, 5) is 2.47. The van der Waals surface area contributed by atoms with Gasteiger partial charge in [0.2, 0.25) is 5.75 Å². The summed E-state index contributed by atoms with van der Waals surface area (Å²) >= 11 is 0. The van der Waals surface area contributed by atoms with Gasteiger partial charge < -0.3 is 18.7 Å². The summed E-state index contributed by atoms with van der Waals surface area (Å²) < 4.78 is 22.1. The lowest BCUT2D eigenvalue weighted by Gasteiger charge is -2.26. The molecule has 142 valence electrons. The molecule has 3 rings (SSSR count). The molecule has 1 saturated heterocycles. The Morgan fingerprint density at radius 2 is 1.92 bits per heavy atom. The third-order valence-corrected chi connectivity index (χ3v) is 5.16. The highest BCUT2D eigenvalue weighted by Gasteiger charge is 2.32. The smallest absolute Gasteiger partial charge is 0.203 e. The zero-order valence-electron chi connectivity index (χ0n) is 16.3. The lowest BCUT2D eigenvalue weighted by Crippen LogP contribution is -2.24. The summed E-state index contributed by atoms with van der Waals surface area (Å²) in [5, 5.41) is 4.19. The molecule has 26 heavy (non-hydrogen) atoms. The van der Waals surface area contributed by atoms with Crippen molar-refractivity contribution in [3.63, 3.8) is 0 Å². The van der Waals surface area contributed by atoms with E-state index >= 15 is 0 Å². The van der Waals surface area contributed by atoms with Crippen LogP contribution in [0, 0.1) is 6.92 Å². The molecule has 2 aromatic rings. The van der Waals surface area contributed by atoms with E-state index in [0.717, 1.165) is 55.1 Å². The molecule has 6 heteroatoms. The van der Waals surface area contributed by atoms with Crippen molar-refractivity contribution in [2.24, 2.45) is 0 Å². The molecule has 2 heterocycles. The third-order valence-electron chi connectivity index (χ3n) is 5.16. The van der Waals surface area contributed by atoms with Crippen molar-refractivity contribution in [2.75, 3.05) is 27.9 Å². The number of hydrogen-bond donors (Lipinski definition) is 0. The molecule has 1 atom stereocenters. The van der Waals surface area contributed by atoms with Crippen molar-refractivity contribution in [3.05, 3.63) is 34.7 Å². The van der Waals surface area contributed by atoms with E-state index in [4.69, 9.17) is 18.7 Å². The normalized spacial score (nSPS) is 17.5. The van der Waals surface area contributed by atoms with E-state index in [1.54, 1.807) is 21.3 Å². The summed E-state index contributed by atoms with van der Waals surface area (Å²) in [5.74, 6) is 3.04. The molecule has 0 bridgehead atoms. The first-order valence-corrected chi connectivity index (χ1v) is 9.11. The standard InChI is InChI=1S/C20H28N2O4/c1-6-16-18(13(2)21-26-16)15-8-7-11-22(15)12-14-9-10-17(23-3)20(25-5)19(14)24-4/h9-10,15H,6-8,11-12H2,1-5H3/t15-/m0/s1. The van der Waals surface area contributed by atoms with E-state index in [9.17, 15) is 0 Å². The second-order valence-corrected chi connectivity index (χ2v) is 6.58. The molecular weight excluding hydrogens is 332 g/mol. The fourth-order valence-electron chi connectivity index (χ4n) is 3.95. The second kappa shape index (κ2) is 7.99. The van der Waals surface area contributed by atoms with Crippen LogP contribution in [0.25, 0.3) is 0 Å². The number of benzene rings is 1. The quantitative estimate of drug-likeness (QED) is 0.746. The van der Waals surface area contributed by atoms with Gasteiger partial charge in [-0.25, -0.2) is 0 Å². The predicted octanol–water partition coefficient (Wildman–Crippen LogP) is 3.91. The van der Waals surface area contributed by atoms with Gasteiger partial charge in [0, 0.05) is 30.1 Å². The van der Waals surface area contributed by atoms with Gasteiger partial charge in [0.15, 0.2) is 11.5 Å². The number of hydrogen-bond acceptors (Lipinski definition) is 6. The number of likely N-dealkylation sites (tertiary alicyclic amines) is 1. The van der Waals surface area contributed by atoms with E-state index in [-0.39, 0.29) is 0 Å². The molecular formula is C20H28N2O4. The summed E-state index contributed by atoms with van der Waals surface area (Å²) in [5.41, 5.74) is 3.34. The van der Waals surface area contributed by atoms with Gasteiger partial charge in [0.05, 0.1) is 27.0 Å². The SMILES string of the molecule is CCc1onc(C)c1[C@@H]1CCCN1Cc1ccc(OC)c(OC)c1OC. The van der Waals surface area contributed by atoms with Crippen LogP contribution in [-0.2, 0) is 13.0 Å². The highest BCUT2D eigenvalue weighted by molar-refractivity contribution is 5.55. The maximum absolute atomic E-state index is 5.65. The number of methoxy groups -OCH3 is 3. The minimum Gasteiger partial charge on any atom is -0.493 e. The van der Waals surface area contributed by atoms with Crippen LogP contribution in [0.15, 0.2) is 16.7 Å². The lowest BCUT2D eigenvalue weighted by atomic mass is 10.0. The Labute approximate surface area is 155 Å². The molecule has 0 spiro atoms. The molecule has 0 unspecified atom stereocenters. The average Bonchev–Trinajstić information content (AvgIpc) is 3.26. The van der Waals surface area contributed by atoms with Gasteiger partial charge in [-0.2, -0.15) is 0 Å². The van der Waals surface area contributed by atoms with Crippen LogP contribution in [0.2, 0.25) is 0 Å². The number of aromatic nitrogens is 1. The molecule has 0 amide bonds. The molecule has 0 N–H and O–H groups in total.